The van der Waals surface area contributed by atoms with Crippen LogP contribution in [-0.2, 0) is 4.74 Å². The van der Waals surface area contributed by atoms with Crippen molar-refractivity contribution < 1.29 is 9.84 Å². The van der Waals surface area contributed by atoms with Gasteiger partial charge in [-0.25, -0.2) is 0 Å². The molecule has 2 rings (SSSR count). The highest BCUT2D eigenvalue weighted by molar-refractivity contribution is 4.93. The monoisotopic (exact) mass is 241 g/mol. The van der Waals surface area contributed by atoms with E-state index in [1.165, 1.54) is 25.7 Å². The Kier molecular flexibility index (Phi) is 4.45. The molecule has 100 valence electrons. The van der Waals surface area contributed by atoms with Crippen LogP contribution < -0.4 is 5.73 Å². The molecule has 1 heterocycles. The first-order chi connectivity index (χ1) is 8.18. The summed E-state index contributed by atoms with van der Waals surface area (Å²) in [7, 11) is 0. The first-order valence-electron chi connectivity index (χ1n) is 7.14. The second-order valence-corrected chi connectivity index (χ2v) is 6.14. The standard InChI is InChI=1S/C14H27NO2/c1-11-2-4-12(5-3-11)13(16)14(10-15)6-8-17-9-7-14/h11-13,16H,2-10,15H2,1H3. The second kappa shape index (κ2) is 5.68. The minimum atomic E-state index is -0.219. The second-order valence-electron chi connectivity index (χ2n) is 6.14. The highest BCUT2D eigenvalue weighted by Gasteiger charge is 2.42. The molecule has 1 atom stereocenters. The summed E-state index contributed by atoms with van der Waals surface area (Å²) < 4.78 is 5.41. The van der Waals surface area contributed by atoms with Gasteiger partial charge >= 0.3 is 0 Å². The van der Waals surface area contributed by atoms with Crippen LogP contribution in [0.1, 0.15) is 45.4 Å². The van der Waals surface area contributed by atoms with E-state index in [2.05, 4.69) is 6.92 Å². The molecule has 1 saturated heterocycles. The van der Waals surface area contributed by atoms with Gasteiger partial charge in [0.2, 0.25) is 0 Å². The molecule has 2 aliphatic rings. The number of hydrogen-bond acceptors (Lipinski definition) is 3. The van der Waals surface area contributed by atoms with Crippen molar-refractivity contribution in [3.8, 4) is 0 Å². The molecule has 17 heavy (non-hydrogen) atoms. The zero-order chi connectivity index (χ0) is 12.3. The van der Waals surface area contributed by atoms with E-state index in [4.69, 9.17) is 10.5 Å². The summed E-state index contributed by atoms with van der Waals surface area (Å²) in [5.41, 5.74) is 5.89. The maximum Gasteiger partial charge on any atom is 0.0638 e. The minimum absolute atomic E-state index is 0.0660. The zero-order valence-corrected chi connectivity index (χ0v) is 11.0. The van der Waals surface area contributed by atoms with Crippen LogP contribution in [0.15, 0.2) is 0 Å². The molecule has 0 aromatic carbocycles. The van der Waals surface area contributed by atoms with E-state index in [1.54, 1.807) is 0 Å². The molecule has 2 fully saturated rings. The quantitative estimate of drug-likeness (QED) is 0.794. The fraction of sp³-hybridized carbons (Fsp3) is 1.00. The van der Waals surface area contributed by atoms with E-state index in [0.717, 1.165) is 32.0 Å². The van der Waals surface area contributed by atoms with Crippen molar-refractivity contribution >= 4 is 0 Å². The summed E-state index contributed by atoms with van der Waals surface area (Å²) >= 11 is 0. The number of rotatable bonds is 3. The summed E-state index contributed by atoms with van der Waals surface area (Å²) in [6, 6.07) is 0. The lowest BCUT2D eigenvalue weighted by atomic mass is 9.67. The van der Waals surface area contributed by atoms with Gasteiger partial charge in [0.1, 0.15) is 0 Å². The molecule has 0 radical (unpaired) electrons. The topological polar surface area (TPSA) is 55.5 Å². The van der Waals surface area contributed by atoms with Crippen LogP contribution in [0, 0.1) is 17.3 Å². The van der Waals surface area contributed by atoms with E-state index in [1.807, 2.05) is 0 Å². The van der Waals surface area contributed by atoms with Crippen molar-refractivity contribution in [2.75, 3.05) is 19.8 Å². The fourth-order valence-electron chi connectivity index (χ4n) is 3.50. The maximum absolute atomic E-state index is 10.7. The Labute approximate surface area is 105 Å². The Balaban J connectivity index is 1.98. The zero-order valence-electron chi connectivity index (χ0n) is 11.0. The molecule has 0 aromatic rings. The van der Waals surface area contributed by atoms with Gasteiger partial charge in [0.05, 0.1) is 6.10 Å². The lowest BCUT2D eigenvalue weighted by molar-refractivity contribution is -0.0875. The van der Waals surface area contributed by atoms with Gasteiger partial charge in [0.15, 0.2) is 0 Å². The van der Waals surface area contributed by atoms with Gasteiger partial charge in [-0.15, -0.1) is 0 Å². The Morgan fingerprint density at radius 2 is 1.82 bits per heavy atom. The molecule has 0 spiro atoms. The van der Waals surface area contributed by atoms with Gasteiger partial charge in [-0.1, -0.05) is 19.8 Å². The molecule has 0 bridgehead atoms. The smallest absolute Gasteiger partial charge is 0.0638 e. The van der Waals surface area contributed by atoms with Crippen molar-refractivity contribution in [3.05, 3.63) is 0 Å². The maximum atomic E-state index is 10.7. The van der Waals surface area contributed by atoms with E-state index in [9.17, 15) is 5.11 Å². The molecular formula is C14H27NO2. The van der Waals surface area contributed by atoms with Crippen LogP contribution in [0.4, 0.5) is 0 Å². The lowest BCUT2D eigenvalue weighted by Gasteiger charge is -2.44. The van der Waals surface area contributed by atoms with E-state index in [-0.39, 0.29) is 11.5 Å². The van der Waals surface area contributed by atoms with Crippen LogP contribution in [-0.4, -0.2) is 31.0 Å². The van der Waals surface area contributed by atoms with Crippen LogP contribution in [0.3, 0.4) is 0 Å². The van der Waals surface area contributed by atoms with E-state index >= 15 is 0 Å². The molecule has 1 unspecified atom stereocenters. The van der Waals surface area contributed by atoms with Crippen molar-refractivity contribution in [2.24, 2.45) is 23.0 Å². The van der Waals surface area contributed by atoms with Crippen molar-refractivity contribution in [1.29, 1.82) is 0 Å². The third-order valence-electron chi connectivity index (χ3n) is 5.03. The average Bonchev–Trinajstić information content (AvgIpc) is 2.39. The van der Waals surface area contributed by atoms with Crippen LogP contribution in [0.2, 0.25) is 0 Å². The predicted molar refractivity (Wildman–Crippen MR) is 68.7 cm³/mol. The summed E-state index contributed by atoms with van der Waals surface area (Å²) in [6.07, 6.45) is 6.50. The van der Waals surface area contributed by atoms with Crippen molar-refractivity contribution in [3.63, 3.8) is 0 Å². The van der Waals surface area contributed by atoms with E-state index < -0.39 is 0 Å². The summed E-state index contributed by atoms with van der Waals surface area (Å²) in [4.78, 5) is 0. The van der Waals surface area contributed by atoms with Gasteiger partial charge in [-0.05, 0) is 37.5 Å². The van der Waals surface area contributed by atoms with Crippen LogP contribution in [0.5, 0.6) is 0 Å². The first kappa shape index (κ1) is 13.3. The van der Waals surface area contributed by atoms with Gasteiger partial charge in [-0.3, -0.25) is 0 Å². The molecule has 0 aromatic heterocycles. The predicted octanol–water partition coefficient (Wildman–Crippen LogP) is 1.93. The fourth-order valence-corrected chi connectivity index (χ4v) is 3.50. The molecular weight excluding hydrogens is 214 g/mol. The number of aliphatic hydroxyl groups excluding tert-OH is 1. The SMILES string of the molecule is CC1CCC(C(O)C2(CN)CCOCC2)CC1. The number of nitrogens with two attached hydrogens (primary N) is 1. The van der Waals surface area contributed by atoms with Crippen LogP contribution >= 0.6 is 0 Å². The molecule has 1 aliphatic heterocycles. The molecule has 1 aliphatic carbocycles. The lowest BCUT2D eigenvalue weighted by Crippen LogP contribution is -2.49. The minimum Gasteiger partial charge on any atom is -0.392 e. The molecule has 3 heteroatoms. The number of aliphatic hydroxyl groups is 1. The molecule has 1 saturated carbocycles. The first-order valence-corrected chi connectivity index (χ1v) is 7.14. The Morgan fingerprint density at radius 3 is 2.35 bits per heavy atom. The summed E-state index contributed by atoms with van der Waals surface area (Å²) in [5, 5.41) is 10.7. The summed E-state index contributed by atoms with van der Waals surface area (Å²) in [5.74, 6) is 1.30. The van der Waals surface area contributed by atoms with Gasteiger partial charge < -0.3 is 15.6 Å². The highest BCUT2D eigenvalue weighted by atomic mass is 16.5. The number of ether oxygens (including phenoxy) is 1. The van der Waals surface area contributed by atoms with Crippen molar-refractivity contribution in [1.82, 2.24) is 0 Å². The van der Waals surface area contributed by atoms with Crippen molar-refractivity contribution in [2.45, 2.75) is 51.6 Å². The molecule has 3 N–H and O–H groups in total. The third-order valence-corrected chi connectivity index (χ3v) is 5.03. The average molecular weight is 241 g/mol. The molecule has 3 nitrogen and oxygen atoms in total. The number of hydrogen-bond donors (Lipinski definition) is 2. The molecule has 0 amide bonds. The van der Waals surface area contributed by atoms with Gasteiger partial charge in [0, 0.05) is 25.2 Å². The Bertz CT molecular complexity index is 230. The normalized spacial score (nSPS) is 35.5. The highest BCUT2D eigenvalue weighted by Crippen LogP contribution is 2.41. The van der Waals surface area contributed by atoms with E-state index in [0.29, 0.717) is 12.5 Å². The summed E-state index contributed by atoms with van der Waals surface area (Å²) in [6.45, 7) is 4.44. The van der Waals surface area contributed by atoms with Gasteiger partial charge in [0.25, 0.3) is 0 Å². The third kappa shape index (κ3) is 2.83. The van der Waals surface area contributed by atoms with Crippen LogP contribution in [0.25, 0.3) is 0 Å². The largest absolute Gasteiger partial charge is 0.392 e. The Morgan fingerprint density at radius 1 is 1.24 bits per heavy atom. The Hall–Kier alpha value is -0.120. The van der Waals surface area contributed by atoms with Gasteiger partial charge in [-0.2, -0.15) is 0 Å².